The largest absolute Gasteiger partial charge is 0.493 e. The molecular weight excluding hydrogens is 324 g/mol. The van der Waals surface area contributed by atoms with Gasteiger partial charge in [0.2, 0.25) is 11.6 Å². The van der Waals surface area contributed by atoms with Gasteiger partial charge in [-0.05, 0) is 36.4 Å². The molecule has 1 aromatic heterocycles. The maximum atomic E-state index is 11.5. The van der Waals surface area contributed by atoms with Gasteiger partial charge in [-0.3, -0.25) is 14.8 Å². The van der Waals surface area contributed by atoms with Crippen LogP contribution in [0.1, 0.15) is 0 Å². The van der Waals surface area contributed by atoms with Gasteiger partial charge in [-0.2, -0.15) is 15.3 Å². The zero-order chi connectivity index (χ0) is 17.6. The van der Waals surface area contributed by atoms with Crippen molar-refractivity contribution in [2.45, 2.75) is 0 Å². The van der Waals surface area contributed by atoms with Crippen LogP contribution in [0.5, 0.6) is 5.88 Å². The molecular formula is C16H12N6O3. The van der Waals surface area contributed by atoms with E-state index in [1.165, 1.54) is 0 Å². The number of rotatable bonds is 4. The number of aromatic hydroxyl groups is 1. The van der Waals surface area contributed by atoms with Crippen molar-refractivity contribution in [1.82, 2.24) is 9.97 Å². The molecule has 0 radical (unpaired) electrons. The molecule has 0 aliphatic carbocycles. The molecule has 0 spiro atoms. The molecule has 124 valence electrons. The monoisotopic (exact) mass is 336 g/mol. The summed E-state index contributed by atoms with van der Waals surface area (Å²) < 4.78 is 0. The minimum absolute atomic E-state index is 0.382. The van der Waals surface area contributed by atoms with Gasteiger partial charge < -0.3 is 5.11 Å². The molecule has 0 unspecified atom stereocenters. The zero-order valence-electron chi connectivity index (χ0n) is 12.7. The molecule has 0 saturated carbocycles. The van der Waals surface area contributed by atoms with E-state index >= 15 is 0 Å². The quantitative estimate of drug-likeness (QED) is 0.628. The van der Waals surface area contributed by atoms with Crippen LogP contribution >= 0.6 is 0 Å². The van der Waals surface area contributed by atoms with E-state index in [0.29, 0.717) is 11.4 Å². The normalized spacial score (nSPS) is 11.4. The number of H-pyrrole nitrogens is 2. The van der Waals surface area contributed by atoms with Crippen molar-refractivity contribution < 1.29 is 5.11 Å². The fraction of sp³-hybridized carbons (Fsp3) is 0. The van der Waals surface area contributed by atoms with E-state index < -0.39 is 17.1 Å². The standard InChI is InChI=1S/C16H12N6O3/c23-14-13(15(24)18-16(25)17-14)22-21-12-8-6-11(7-9-12)20-19-10-4-2-1-3-5-10/h1-9H,(H3,17,18,23,24,25). The lowest BCUT2D eigenvalue weighted by atomic mass is 10.3. The predicted molar refractivity (Wildman–Crippen MR) is 90.6 cm³/mol. The summed E-state index contributed by atoms with van der Waals surface area (Å²) in [5, 5.41) is 25.2. The topological polar surface area (TPSA) is 135 Å². The highest BCUT2D eigenvalue weighted by Crippen LogP contribution is 2.24. The Hall–Kier alpha value is -3.88. The van der Waals surface area contributed by atoms with Crippen LogP contribution in [0.25, 0.3) is 0 Å². The van der Waals surface area contributed by atoms with Crippen LogP contribution in [0, 0.1) is 0 Å². The van der Waals surface area contributed by atoms with Gasteiger partial charge in [0, 0.05) is 0 Å². The summed E-state index contributed by atoms with van der Waals surface area (Å²) in [7, 11) is 0. The van der Waals surface area contributed by atoms with Crippen molar-refractivity contribution in [3.63, 3.8) is 0 Å². The van der Waals surface area contributed by atoms with Gasteiger partial charge in [0.05, 0.1) is 17.1 Å². The average Bonchev–Trinajstić information content (AvgIpc) is 2.61. The number of aromatic nitrogens is 2. The Balaban J connectivity index is 1.76. The third-order valence-corrected chi connectivity index (χ3v) is 3.05. The van der Waals surface area contributed by atoms with Crippen LogP contribution in [0.15, 0.2) is 84.6 Å². The van der Waals surface area contributed by atoms with Gasteiger partial charge in [0.1, 0.15) is 0 Å². The second kappa shape index (κ2) is 7.13. The average molecular weight is 336 g/mol. The number of nitrogens with zero attached hydrogens (tertiary/aromatic N) is 4. The molecule has 25 heavy (non-hydrogen) atoms. The Morgan fingerprint density at radius 2 is 1.20 bits per heavy atom. The number of hydrogen-bond acceptors (Lipinski definition) is 7. The van der Waals surface area contributed by atoms with Crippen LogP contribution < -0.4 is 11.2 Å². The first-order valence-electron chi connectivity index (χ1n) is 7.16. The summed E-state index contributed by atoms with van der Waals surface area (Å²) in [5.74, 6) is -0.647. The smallest absolute Gasteiger partial charge is 0.328 e. The molecule has 0 saturated heterocycles. The minimum atomic E-state index is -0.835. The molecule has 0 fully saturated rings. The maximum absolute atomic E-state index is 11.5. The second-order valence-corrected chi connectivity index (χ2v) is 4.86. The molecule has 9 nitrogen and oxygen atoms in total. The molecule has 3 rings (SSSR count). The lowest BCUT2D eigenvalue weighted by Gasteiger charge is -1.96. The molecule has 1 heterocycles. The first kappa shape index (κ1) is 16.0. The van der Waals surface area contributed by atoms with E-state index in [2.05, 4.69) is 20.5 Å². The SMILES string of the molecule is O=c1[nH]c(O)c(N=Nc2ccc(N=Nc3ccccc3)cc2)c(=O)[nH]1. The third kappa shape index (κ3) is 4.10. The molecule has 0 aliphatic rings. The van der Waals surface area contributed by atoms with Crippen molar-refractivity contribution >= 4 is 22.7 Å². The Morgan fingerprint density at radius 1 is 0.680 bits per heavy atom. The van der Waals surface area contributed by atoms with E-state index in [9.17, 15) is 14.7 Å². The van der Waals surface area contributed by atoms with E-state index in [1.54, 1.807) is 24.3 Å². The van der Waals surface area contributed by atoms with Crippen molar-refractivity contribution in [2.75, 3.05) is 0 Å². The Kier molecular flexibility index (Phi) is 4.56. The van der Waals surface area contributed by atoms with Crippen LogP contribution in [-0.2, 0) is 0 Å². The van der Waals surface area contributed by atoms with E-state index in [1.807, 2.05) is 40.3 Å². The zero-order valence-corrected chi connectivity index (χ0v) is 12.7. The minimum Gasteiger partial charge on any atom is -0.493 e. The number of azo groups is 2. The first-order valence-corrected chi connectivity index (χ1v) is 7.16. The Bertz CT molecular complexity index is 1040. The first-order chi connectivity index (χ1) is 12.1. The number of aromatic amines is 2. The van der Waals surface area contributed by atoms with Crippen molar-refractivity contribution in [2.24, 2.45) is 20.5 Å². The van der Waals surface area contributed by atoms with Gasteiger partial charge in [0.15, 0.2) is 0 Å². The summed E-state index contributed by atoms with van der Waals surface area (Å²) in [6, 6.07) is 15.9. The summed E-state index contributed by atoms with van der Waals surface area (Å²) in [6.45, 7) is 0. The Morgan fingerprint density at radius 3 is 1.76 bits per heavy atom. The number of nitrogens with one attached hydrogen (secondary N) is 2. The van der Waals surface area contributed by atoms with Gasteiger partial charge in [-0.15, -0.1) is 5.11 Å². The van der Waals surface area contributed by atoms with Crippen LogP contribution in [0.2, 0.25) is 0 Å². The maximum Gasteiger partial charge on any atom is 0.328 e. The van der Waals surface area contributed by atoms with Gasteiger partial charge in [0.25, 0.3) is 5.56 Å². The molecule has 0 bridgehead atoms. The van der Waals surface area contributed by atoms with Gasteiger partial charge >= 0.3 is 5.69 Å². The lowest BCUT2D eigenvalue weighted by Crippen LogP contribution is -2.20. The second-order valence-electron chi connectivity index (χ2n) is 4.86. The van der Waals surface area contributed by atoms with Crippen LogP contribution in [0.4, 0.5) is 22.7 Å². The third-order valence-electron chi connectivity index (χ3n) is 3.05. The molecule has 3 N–H and O–H groups in total. The van der Waals surface area contributed by atoms with Crippen LogP contribution in [-0.4, -0.2) is 15.1 Å². The molecule has 2 aromatic carbocycles. The van der Waals surface area contributed by atoms with Gasteiger partial charge in [-0.25, -0.2) is 4.79 Å². The fourth-order valence-corrected chi connectivity index (χ4v) is 1.86. The predicted octanol–water partition coefficient (Wildman–Crippen LogP) is 3.60. The van der Waals surface area contributed by atoms with Gasteiger partial charge in [-0.1, -0.05) is 18.2 Å². The fourth-order valence-electron chi connectivity index (χ4n) is 1.86. The molecule has 9 heteroatoms. The highest BCUT2D eigenvalue weighted by atomic mass is 16.3. The summed E-state index contributed by atoms with van der Waals surface area (Å²) in [6.07, 6.45) is 0. The molecule has 0 atom stereocenters. The Labute approximate surface area is 140 Å². The van der Waals surface area contributed by atoms with E-state index in [0.717, 1.165) is 5.69 Å². The highest BCUT2D eigenvalue weighted by molar-refractivity contribution is 5.49. The van der Waals surface area contributed by atoms with Crippen molar-refractivity contribution in [3.05, 3.63) is 75.4 Å². The molecule has 0 aliphatic heterocycles. The van der Waals surface area contributed by atoms with E-state index in [-0.39, 0.29) is 5.69 Å². The molecule has 3 aromatic rings. The summed E-state index contributed by atoms with van der Waals surface area (Å²) in [5.41, 5.74) is -0.254. The summed E-state index contributed by atoms with van der Waals surface area (Å²) in [4.78, 5) is 26.5. The van der Waals surface area contributed by atoms with Crippen molar-refractivity contribution in [3.8, 4) is 5.88 Å². The van der Waals surface area contributed by atoms with Crippen molar-refractivity contribution in [1.29, 1.82) is 0 Å². The van der Waals surface area contributed by atoms with E-state index in [4.69, 9.17) is 0 Å². The lowest BCUT2D eigenvalue weighted by molar-refractivity contribution is 0.450. The highest BCUT2D eigenvalue weighted by Gasteiger charge is 2.07. The molecule has 0 amide bonds. The number of hydrogen-bond donors (Lipinski definition) is 3. The van der Waals surface area contributed by atoms with Crippen LogP contribution in [0.3, 0.4) is 0 Å². The summed E-state index contributed by atoms with van der Waals surface area (Å²) >= 11 is 0. The number of benzene rings is 2.